The fourth-order valence-corrected chi connectivity index (χ4v) is 2.31. The predicted octanol–water partition coefficient (Wildman–Crippen LogP) is 1.66. The molecular weight excluding hydrogens is 188 g/mol. The summed E-state index contributed by atoms with van der Waals surface area (Å²) in [4.78, 5) is 0. The fourth-order valence-electron chi connectivity index (χ4n) is 2.31. The molecule has 0 radical (unpaired) electrons. The molecule has 0 spiro atoms. The van der Waals surface area contributed by atoms with Crippen LogP contribution in [-0.2, 0) is 4.74 Å². The first-order valence-electron chi connectivity index (χ1n) is 6.29. The Morgan fingerprint density at radius 2 is 2.27 bits per heavy atom. The molecule has 15 heavy (non-hydrogen) atoms. The van der Waals surface area contributed by atoms with Crippen LogP contribution in [0.5, 0.6) is 0 Å². The molecule has 0 aromatic carbocycles. The van der Waals surface area contributed by atoms with Gasteiger partial charge in [0.2, 0.25) is 0 Å². The molecule has 1 aliphatic carbocycles. The highest BCUT2D eigenvalue weighted by molar-refractivity contribution is 4.84. The van der Waals surface area contributed by atoms with E-state index in [2.05, 4.69) is 12.2 Å². The van der Waals surface area contributed by atoms with E-state index in [0.717, 1.165) is 13.0 Å². The molecule has 90 valence electrons. The summed E-state index contributed by atoms with van der Waals surface area (Å²) in [5.41, 5.74) is 6.02. The number of unbranched alkanes of at least 4 members (excludes halogenated alkanes) is 1. The number of nitrogens with two attached hydrogens (primary N) is 1. The highest BCUT2D eigenvalue weighted by atomic mass is 16.5. The van der Waals surface area contributed by atoms with Gasteiger partial charge in [-0.3, -0.25) is 0 Å². The lowest BCUT2D eigenvalue weighted by atomic mass is 10.1. The topological polar surface area (TPSA) is 47.3 Å². The van der Waals surface area contributed by atoms with Crippen molar-refractivity contribution in [3.8, 4) is 0 Å². The van der Waals surface area contributed by atoms with Gasteiger partial charge in [0.25, 0.3) is 0 Å². The van der Waals surface area contributed by atoms with Gasteiger partial charge in [0, 0.05) is 25.7 Å². The van der Waals surface area contributed by atoms with Crippen LogP contribution in [0.25, 0.3) is 0 Å². The monoisotopic (exact) mass is 214 g/mol. The molecule has 1 rings (SSSR count). The normalized spacial score (nSPS) is 28.2. The lowest BCUT2D eigenvalue weighted by Gasteiger charge is -2.21. The molecule has 0 bridgehead atoms. The Labute approximate surface area is 93.8 Å². The van der Waals surface area contributed by atoms with E-state index < -0.39 is 0 Å². The third-order valence-electron chi connectivity index (χ3n) is 3.33. The van der Waals surface area contributed by atoms with Gasteiger partial charge in [-0.05, 0) is 25.7 Å². The first kappa shape index (κ1) is 12.9. The summed E-state index contributed by atoms with van der Waals surface area (Å²) in [5, 5.41) is 3.54. The summed E-state index contributed by atoms with van der Waals surface area (Å²) >= 11 is 0. The average Bonchev–Trinajstić information content (AvgIpc) is 2.70. The van der Waals surface area contributed by atoms with Crippen LogP contribution in [0.1, 0.15) is 45.4 Å². The maximum Gasteiger partial charge on any atom is 0.0724 e. The van der Waals surface area contributed by atoms with Crippen LogP contribution in [0.3, 0.4) is 0 Å². The van der Waals surface area contributed by atoms with E-state index in [1.54, 1.807) is 0 Å². The molecule has 3 atom stereocenters. The zero-order chi connectivity index (χ0) is 11.1. The number of rotatable bonds is 7. The minimum atomic E-state index is 0.308. The summed E-state index contributed by atoms with van der Waals surface area (Å²) in [7, 11) is 1.81. The molecule has 1 fully saturated rings. The SMILES string of the molecule is CCCCC(N)CNC1CCCC1OC. The van der Waals surface area contributed by atoms with Crippen molar-refractivity contribution in [3.05, 3.63) is 0 Å². The average molecular weight is 214 g/mol. The van der Waals surface area contributed by atoms with Crippen LogP contribution in [0.4, 0.5) is 0 Å². The first-order chi connectivity index (χ1) is 7.27. The summed E-state index contributed by atoms with van der Waals surface area (Å²) in [6.45, 7) is 3.14. The van der Waals surface area contributed by atoms with E-state index in [0.29, 0.717) is 18.2 Å². The second-order valence-electron chi connectivity index (χ2n) is 4.62. The van der Waals surface area contributed by atoms with Crippen LogP contribution < -0.4 is 11.1 Å². The molecule has 3 unspecified atom stereocenters. The van der Waals surface area contributed by atoms with E-state index in [4.69, 9.17) is 10.5 Å². The number of methoxy groups -OCH3 is 1. The van der Waals surface area contributed by atoms with Gasteiger partial charge in [0.15, 0.2) is 0 Å². The minimum absolute atomic E-state index is 0.308. The Kier molecular flexibility index (Phi) is 6.22. The first-order valence-corrected chi connectivity index (χ1v) is 6.29. The Bertz CT molecular complexity index is 164. The highest BCUT2D eigenvalue weighted by Crippen LogP contribution is 2.21. The number of nitrogens with one attached hydrogen (secondary N) is 1. The van der Waals surface area contributed by atoms with Crippen molar-refractivity contribution in [1.29, 1.82) is 0 Å². The third-order valence-corrected chi connectivity index (χ3v) is 3.33. The molecule has 1 saturated carbocycles. The van der Waals surface area contributed by atoms with Gasteiger partial charge in [-0.1, -0.05) is 19.8 Å². The van der Waals surface area contributed by atoms with Gasteiger partial charge in [-0.25, -0.2) is 0 Å². The zero-order valence-electron chi connectivity index (χ0n) is 10.2. The molecular formula is C12H26N2O. The third kappa shape index (κ3) is 4.49. The molecule has 3 nitrogen and oxygen atoms in total. The molecule has 0 aromatic heterocycles. The van der Waals surface area contributed by atoms with Crippen LogP contribution >= 0.6 is 0 Å². The number of hydrogen-bond donors (Lipinski definition) is 2. The predicted molar refractivity (Wildman–Crippen MR) is 63.9 cm³/mol. The van der Waals surface area contributed by atoms with Gasteiger partial charge >= 0.3 is 0 Å². The van der Waals surface area contributed by atoms with Crippen molar-refractivity contribution >= 4 is 0 Å². The van der Waals surface area contributed by atoms with Gasteiger partial charge in [-0.15, -0.1) is 0 Å². The van der Waals surface area contributed by atoms with Crippen molar-refractivity contribution in [2.45, 2.75) is 63.6 Å². The van der Waals surface area contributed by atoms with E-state index in [1.807, 2.05) is 7.11 Å². The second-order valence-corrected chi connectivity index (χ2v) is 4.62. The Hall–Kier alpha value is -0.120. The van der Waals surface area contributed by atoms with E-state index >= 15 is 0 Å². The van der Waals surface area contributed by atoms with E-state index in [1.165, 1.54) is 32.1 Å². The van der Waals surface area contributed by atoms with Gasteiger partial charge in [-0.2, -0.15) is 0 Å². The van der Waals surface area contributed by atoms with Gasteiger partial charge in [0.05, 0.1) is 6.10 Å². The van der Waals surface area contributed by atoms with Crippen molar-refractivity contribution in [1.82, 2.24) is 5.32 Å². The molecule has 1 aliphatic rings. The standard InChI is InChI=1S/C12H26N2O/c1-3-4-6-10(13)9-14-11-7-5-8-12(11)15-2/h10-12,14H,3-9,13H2,1-2H3. The zero-order valence-corrected chi connectivity index (χ0v) is 10.2. The highest BCUT2D eigenvalue weighted by Gasteiger charge is 2.26. The van der Waals surface area contributed by atoms with Crippen molar-refractivity contribution in [2.75, 3.05) is 13.7 Å². The summed E-state index contributed by atoms with van der Waals surface area (Å²) in [6.07, 6.45) is 7.72. The van der Waals surface area contributed by atoms with Crippen molar-refractivity contribution < 1.29 is 4.74 Å². The van der Waals surface area contributed by atoms with Crippen LogP contribution in [0, 0.1) is 0 Å². The molecule has 0 saturated heterocycles. The lowest BCUT2D eigenvalue weighted by Crippen LogP contribution is -2.43. The molecule has 0 aliphatic heterocycles. The van der Waals surface area contributed by atoms with Gasteiger partial charge in [0.1, 0.15) is 0 Å². The smallest absolute Gasteiger partial charge is 0.0724 e. The lowest BCUT2D eigenvalue weighted by molar-refractivity contribution is 0.0847. The fraction of sp³-hybridized carbons (Fsp3) is 1.00. The molecule has 0 amide bonds. The maximum atomic E-state index is 6.02. The van der Waals surface area contributed by atoms with Crippen molar-refractivity contribution in [2.24, 2.45) is 5.73 Å². The number of ether oxygens (including phenoxy) is 1. The second kappa shape index (κ2) is 7.20. The number of hydrogen-bond acceptors (Lipinski definition) is 3. The Balaban J connectivity index is 2.12. The molecule has 3 heteroatoms. The molecule has 3 N–H and O–H groups in total. The van der Waals surface area contributed by atoms with Crippen LogP contribution in [0.15, 0.2) is 0 Å². The minimum Gasteiger partial charge on any atom is -0.380 e. The van der Waals surface area contributed by atoms with Crippen LogP contribution in [-0.4, -0.2) is 31.8 Å². The summed E-state index contributed by atoms with van der Waals surface area (Å²) in [5.74, 6) is 0. The largest absolute Gasteiger partial charge is 0.380 e. The molecule has 0 aromatic rings. The summed E-state index contributed by atoms with van der Waals surface area (Å²) in [6, 6.07) is 0.839. The maximum absolute atomic E-state index is 6.02. The van der Waals surface area contributed by atoms with Crippen LogP contribution in [0.2, 0.25) is 0 Å². The van der Waals surface area contributed by atoms with Gasteiger partial charge < -0.3 is 15.8 Å². The Morgan fingerprint density at radius 3 is 2.93 bits per heavy atom. The quantitative estimate of drug-likeness (QED) is 0.677. The van der Waals surface area contributed by atoms with Crippen molar-refractivity contribution in [3.63, 3.8) is 0 Å². The van der Waals surface area contributed by atoms with E-state index in [9.17, 15) is 0 Å². The molecule has 0 heterocycles. The Morgan fingerprint density at radius 1 is 1.47 bits per heavy atom. The summed E-state index contributed by atoms with van der Waals surface area (Å²) < 4.78 is 5.43. The van der Waals surface area contributed by atoms with E-state index in [-0.39, 0.29) is 0 Å².